The number of nitrogens with zero attached hydrogens (tertiary/aromatic N) is 4. The first kappa shape index (κ1) is 17.3. The van der Waals surface area contributed by atoms with Crippen molar-refractivity contribution in [2.24, 2.45) is 9.98 Å². The average Bonchev–Trinajstić information content (AvgIpc) is 3.25. The van der Waals surface area contributed by atoms with Crippen molar-refractivity contribution in [3.8, 4) is 22.4 Å². The predicted octanol–water partition coefficient (Wildman–Crippen LogP) is 5.50. The maximum atomic E-state index is 14.5. The van der Waals surface area contributed by atoms with Crippen LogP contribution in [0.25, 0.3) is 22.4 Å². The Morgan fingerprint density at radius 2 is 2.00 bits per heavy atom. The van der Waals surface area contributed by atoms with Crippen molar-refractivity contribution in [2.45, 2.75) is 26.3 Å². The van der Waals surface area contributed by atoms with Gasteiger partial charge in [0.05, 0.1) is 11.4 Å². The molecule has 4 nitrogen and oxygen atoms in total. The summed E-state index contributed by atoms with van der Waals surface area (Å²) in [5.41, 5.74) is 4.63. The van der Waals surface area contributed by atoms with E-state index in [0.717, 1.165) is 48.3 Å². The van der Waals surface area contributed by atoms with E-state index < -0.39 is 11.6 Å². The Kier molecular flexibility index (Phi) is 4.39. The van der Waals surface area contributed by atoms with Gasteiger partial charge < -0.3 is 0 Å². The molecule has 0 spiro atoms. The molecule has 0 saturated heterocycles. The number of rotatable bonds is 4. The normalized spacial score (nSPS) is 13.3. The molecule has 0 unspecified atom stereocenters. The quantitative estimate of drug-likeness (QED) is 0.564. The molecule has 0 saturated carbocycles. The first-order chi connectivity index (χ1) is 13.1. The van der Waals surface area contributed by atoms with Crippen LogP contribution in [0.4, 0.5) is 20.2 Å². The molecule has 1 aromatic heterocycles. The lowest BCUT2D eigenvalue weighted by atomic mass is 9.96. The third-order valence-corrected chi connectivity index (χ3v) is 4.73. The van der Waals surface area contributed by atoms with Gasteiger partial charge in [-0.25, -0.2) is 8.78 Å². The molecule has 0 radical (unpaired) electrons. The summed E-state index contributed by atoms with van der Waals surface area (Å²) in [6, 6.07) is 9.07. The minimum Gasteiger partial charge on any atom is -0.268 e. The van der Waals surface area contributed by atoms with E-state index in [2.05, 4.69) is 21.8 Å². The number of halogens is 2. The van der Waals surface area contributed by atoms with E-state index in [-0.39, 0.29) is 5.56 Å². The van der Waals surface area contributed by atoms with E-state index in [0.29, 0.717) is 17.1 Å². The third-order valence-electron chi connectivity index (χ3n) is 4.73. The lowest BCUT2D eigenvalue weighted by Gasteiger charge is -2.09. The zero-order chi connectivity index (χ0) is 19.0. The van der Waals surface area contributed by atoms with Crippen molar-refractivity contribution in [3.63, 3.8) is 0 Å². The summed E-state index contributed by atoms with van der Waals surface area (Å²) in [6.07, 6.45) is 3.51. The van der Waals surface area contributed by atoms with Gasteiger partial charge in [0.15, 0.2) is 0 Å². The highest BCUT2D eigenvalue weighted by Gasteiger charge is 2.26. The molecule has 27 heavy (non-hydrogen) atoms. The Hall–Kier alpha value is -3.15. The Morgan fingerprint density at radius 3 is 2.78 bits per heavy atom. The van der Waals surface area contributed by atoms with Crippen molar-refractivity contribution in [1.29, 1.82) is 0 Å². The van der Waals surface area contributed by atoms with Crippen LogP contribution in [0.5, 0.6) is 0 Å². The van der Waals surface area contributed by atoms with Crippen LogP contribution in [-0.4, -0.2) is 22.7 Å². The van der Waals surface area contributed by atoms with Crippen molar-refractivity contribution >= 4 is 24.3 Å². The van der Waals surface area contributed by atoms with Crippen LogP contribution in [0.1, 0.15) is 19.0 Å². The molecule has 3 aromatic rings. The number of aromatic nitrogens is 2. The van der Waals surface area contributed by atoms with E-state index >= 15 is 0 Å². The first-order valence-electron chi connectivity index (χ1n) is 8.77. The molecule has 0 amide bonds. The molecular weight excluding hydrogens is 346 g/mol. The maximum absolute atomic E-state index is 14.5. The zero-order valence-corrected chi connectivity index (χ0v) is 14.9. The lowest BCUT2D eigenvalue weighted by molar-refractivity contribution is 0.601. The number of hydrogen-bond donors (Lipinski definition) is 0. The SMILES string of the molecule is C=Nc1cc(-c2c(-c3cc(F)ccc3F)nn3c2CCC3)ccc1/N=C\C. The van der Waals surface area contributed by atoms with Gasteiger partial charge in [-0.2, -0.15) is 5.10 Å². The van der Waals surface area contributed by atoms with Crippen LogP contribution in [-0.2, 0) is 13.0 Å². The summed E-state index contributed by atoms with van der Waals surface area (Å²) < 4.78 is 30.1. The molecule has 6 heteroatoms. The largest absolute Gasteiger partial charge is 0.268 e. The molecular formula is C21H18F2N4. The first-order valence-corrected chi connectivity index (χ1v) is 8.77. The molecule has 0 bridgehead atoms. The Balaban J connectivity index is 1.96. The van der Waals surface area contributed by atoms with Gasteiger partial charge in [0.25, 0.3) is 0 Å². The highest BCUT2D eigenvalue weighted by Crippen LogP contribution is 2.41. The Labute approximate surface area is 155 Å². The second-order valence-electron chi connectivity index (χ2n) is 6.37. The average molecular weight is 364 g/mol. The van der Waals surface area contributed by atoms with Gasteiger partial charge in [0.1, 0.15) is 17.3 Å². The monoisotopic (exact) mass is 364 g/mol. The van der Waals surface area contributed by atoms with Crippen LogP contribution in [0.15, 0.2) is 46.4 Å². The number of hydrogen-bond acceptors (Lipinski definition) is 3. The van der Waals surface area contributed by atoms with Crippen molar-refractivity contribution in [2.75, 3.05) is 0 Å². The van der Waals surface area contributed by atoms with E-state index in [1.807, 2.05) is 29.8 Å². The fraction of sp³-hybridized carbons (Fsp3) is 0.190. The molecule has 0 aliphatic carbocycles. The molecule has 0 fully saturated rings. The minimum atomic E-state index is -0.497. The summed E-state index contributed by atoms with van der Waals surface area (Å²) >= 11 is 0. The van der Waals surface area contributed by atoms with Crippen molar-refractivity contribution in [1.82, 2.24) is 9.78 Å². The molecule has 2 aromatic carbocycles. The van der Waals surface area contributed by atoms with E-state index in [9.17, 15) is 8.78 Å². The van der Waals surface area contributed by atoms with Crippen LogP contribution >= 0.6 is 0 Å². The smallest absolute Gasteiger partial charge is 0.132 e. The zero-order valence-electron chi connectivity index (χ0n) is 14.9. The van der Waals surface area contributed by atoms with E-state index in [4.69, 9.17) is 0 Å². The van der Waals surface area contributed by atoms with Crippen LogP contribution in [0, 0.1) is 11.6 Å². The Morgan fingerprint density at radius 1 is 1.15 bits per heavy atom. The van der Waals surface area contributed by atoms with Gasteiger partial charge in [0.2, 0.25) is 0 Å². The van der Waals surface area contributed by atoms with Gasteiger partial charge in [-0.1, -0.05) is 6.07 Å². The summed E-state index contributed by atoms with van der Waals surface area (Å²) in [6.45, 7) is 6.22. The summed E-state index contributed by atoms with van der Waals surface area (Å²) in [5, 5.41) is 4.59. The summed E-state index contributed by atoms with van der Waals surface area (Å²) in [7, 11) is 0. The fourth-order valence-corrected chi connectivity index (χ4v) is 3.56. The molecule has 0 N–H and O–H groups in total. The van der Waals surface area contributed by atoms with E-state index in [1.165, 1.54) is 6.07 Å². The molecule has 4 rings (SSSR count). The summed E-state index contributed by atoms with van der Waals surface area (Å²) in [5.74, 6) is -0.990. The lowest BCUT2D eigenvalue weighted by Crippen LogP contribution is -1.95. The van der Waals surface area contributed by atoms with Gasteiger partial charge in [-0.05, 0) is 62.4 Å². The van der Waals surface area contributed by atoms with Gasteiger partial charge >= 0.3 is 0 Å². The predicted molar refractivity (Wildman–Crippen MR) is 104 cm³/mol. The van der Waals surface area contributed by atoms with Gasteiger partial charge in [-0.15, -0.1) is 0 Å². The highest BCUT2D eigenvalue weighted by atomic mass is 19.1. The second-order valence-corrected chi connectivity index (χ2v) is 6.37. The third kappa shape index (κ3) is 2.97. The molecule has 136 valence electrons. The van der Waals surface area contributed by atoms with Crippen molar-refractivity contribution < 1.29 is 8.78 Å². The number of fused-ring (bicyclic) bond motifs is 1. The molecule has 1 aliphatic rings. The summed E-state index contributed by atoms with van der Waals surface area (Å²) in [4.78, 5) is 8.35. The van der Waals surface area contributed by atoms with Crippen LogP contribution in [0.3, 0.4) is 0 Å². The topological polar surface area (TPSA) is 42.5 Å². The van der Waals surface area contributed by atoms with E-state index in [1.54, 1.807) is 6.21 Å². The molecule has 0 atom stereocenters. The highest BCUT2D eigenvalue weighted by molar-refractivity contribution is 5.86. The Bertz CT molecular complexity index is 1070. The van der Waals surface area contributed by atoms with Crippen molar-refractivity contribution in [3.05, 3.63) is 53.7 Å². The standard InChI is InChI=1S/C21H18F2N4/c1-3-25-17-9-6-13(11-18(17)24-2)20-19-5-4-10-27(19)26-21(20)15-12-14(22)7-8-16(15)23/h3,6-9,11-12H,2,4-5,10H2,1H3/b25-3-. The number of benzene rings is 2. The van der Waals surface area contributed by atoms with Gasteiger partial charge in [-0.3, -0.25) is 14.7 Å². The molecule has 2 heterocycles. The van der Waals surface area contributed by atoms with Crippen LogP contribution < -0.4 is 0 Å². The second kappa shape index (κ2) is 6.87. The minimum absolute atomic E-state index is 0.163. The number of aliphatic imine (C=N–C) groups is 2. The van der Waals surface area contributed by atoms with Crippen LogP contribution in [0.2, 0.25) is 0 Å². The maximum Gasteiger partial charge on any atom is 0.132 e. The van der Waals surface area contributed by atoms with Gasteiger partial charge in [0, 0.05) is 29.6 Å². The fourth-order valence-electron chi connectivity index (χ4n) is 3.56. The molecule has 1 aliphatic heterocycles. The number of aryl methyl sites for hydroxylation is 1.